The Morgan fingerprint density at radius 1 is 1.32 bits per heavy atom. The number of rotatable bonds is 8. The quantitative estimate of drug-likeness (QED) is 0.720. The molecule has 0 aromatic heterocycles. The number of carbonyl (C=O) groups is 1. The summed E-state index contributed by atoms with van der Waals surface area (Å²) in [5.41, 5.74) is 6.72. The van der Waals surface area contributed by atoms with Crippen molar-refractivity contribution in [3.05, 3.63) is 29.8 Å². The van der Waals surface area contributed by atoms with E-state index < -0.39 is 0 Å². The minimum atomic E-state index is -0.278. The lowest BCUT2D eigenvalue weighted by Crippen LogP contribution is -2.43. The van der Waals surface area contributed by atoms with Crippen LogP contribution in [0.25, 0.3) is 0 Å². The molecule has 1 aromatic carbocycles. The van der Waals surface area contributed by atoms with Crippen LogP contribution in [-0.2, 0) is 4.79 Å². The van der Waals surface area contributed by atoms with Crippen molar-refractivity contribution in [2.24, 2.45) is 5.73 Å². The van der Waals surface area contributed by atoms with Crippen molar-refractivity contribution in [2.45, 2.75) is 44.0 Å². The van der Waals surface area contributed by atoms with Gasteiger partial charge in [-0.3, -0.25) is 4.79 Å². The minimum Gasteiger partial charge on any atom is -0.368 e. The highest BCUT2D eigenvalue weighted by atomic mass is 32.2. The first-order valence-electron chi connectivity index (χ1n) is 6.80. The van der Waals surface area contributed by atoms with E-state index in [1.165, 1.54) is 10.5 Å². The summed E-state index contributed by atoms with van der Waals surface area (Å²) >= 11 is 1.66. The summed E-state index contributed by atoms with van der Waals surface area (Å²) in [7, 11) is 0. The molecular formula is C15H24N2OS. The summed E-state index contributed by atoms with van der Waals surface area (Å²) in [5.74, 6) is 0.944. The van der Waals surface area contributed by atoms with Gasteiger partial charge in [-0.15, -0.1) is 11.8 Å². The lowest BCUT2D eigenvalue weighted by molar-refractivity contribution is -0.119. The van der Waals surface area contributed by atoms with Gasteiger partial charge in [-0.1, -0.05) is 32.9 Å². The van der Waals surface area contributed by atoms with E-state index in [-0.39, 0.29) is 11.9 Å². The van der Waals surface area contributed by atoms with Crippen LogP contribution in [0.1, 0.15) is 38.7 Å². The second-order valence-corrected chi connectivity index (χ2v) is 6.04. The SMILES string of the molecule is CCCNC(CSc1ccc(C(C)C)cc1)C(N)=O. The Labute approximate surface area is 120 Å². The third kappa shape index (κ3) is 5.66. The molecule has 3 nitrogen and oxygen atoms in total. The maximum Gasteiger partial charge on any atom is 0.235 e. The molecule has 4 heteroatoms. The summed E-state index contributed by atoms with van der Waals surface area (Å²) < 4.78 is 0. The van der Waals surface area contributed by atoms with Crippen LogP contribution in [0, 0.1) is 0 Å². The molecule has 0 radical (unpaired) electrons. The fourth-order valence-electron chi connectivity index (χ4n) is 1.69. The molecule has 0 aliphatic carbocycles. The number of primary amides is 1. The first-order chi connectivity index (χ1) is 9.04. The van der Waals surface area contributed by atoms with E-state index in [0.717, 1.165) is 13.0 Å². The topological polar surface area (TPSA) is 55.1 Å². The first kappa shape index (κ1) is 16.1. The molecule has 0 heterocycles. The Kier molecular flexibility index (Phi) is 6.95. The number of nitrogens with two attached hydrogens (primary N) is 1. The predicted molar refractivity (Wildman–Crippen MR) is 82.5 cm³/mol. The first-order valence-corrected chi connectivity index (χ1v) is 7.78. The van der Waals surface area contributed by atoms with Crippen LogP contribution in [0.3, 0.4) is 0 Å². The number of hydrogen-bond donors (Lipinski definition) is 2. The highest BCUT2D eigenvalue weighted by Gasteiger charge is 2.14. The van der Waals surface area contributed by atoms with Crippen LogP contribution in [0.4, 0.5) is 0 Å². The monoisotopic (exact) mass is 280 g/mol. The Bertz CT molecular complexity index is 390. The lowest BCUT2D eigenvalue weighted by Gasteiger charge is -2.14. The predicted octanol–water partition coefficient (Wildman–Crippen LogP) is 2.76. The molecule has 0 saturated heterocycles. The summed E-state index contributed by atoms with van der Waals surface area (Å²) in [4.78, 5) is 12.5. The fraction of sp³-hybridized carbons (Fsp3) is 0.533. The van der Waals surface area contributed by atoms with Crippen LogP contribution in [-0.4, -0.2) is 24.2 Å². The molecule has 106 valence electrons. The molecule has 0 aliphatic rings. The van der Waals surface area contributed by atoms with Gasteiger partial charge in [0.25, 0.3) is 0 Å². The average molecular weight is 280 g/mol. The van der Waals surface area contributed by atoms with E-state index in [2.05, 4.69) is 50.4 Å². The lowest BCUT2D eigenvalue weighted by atomic mass is 10.0. The van der Waals surface area contributed by atoms with Crippen molar-refractivity contribution >= 4 is 17.7 Å². The van der Waals surface area contributed by atoms with Gasteiger partial charge in [0, 0.05) is 10.6 Å². The molecule has 0 spiro atoms. The molecule has 19 heavy (non-hydrogen) atoms. The minimum absolute atomic E-state index is 0.255. The largest absolute Gasteiger partial charge is 0.368 e. The van der Waals surface area contributed by atoms with Gasteiger partial charge in [0.15, 0.2) is 0 Å². The van der Waals surface area contributed by atoms with Crippen molar-refractivity contribution in [2.75, 3.05) is 12.3 Å². The van der Waals surface area contributed by atoms with Gasteiger partial charge in [-0.05, 0) is 36.6 Å². The maximum atomic E-state index is 11.3. The number of hydrogen-bond acceptors (Lipinski definition) is 3. The summed E-state index contributed by atoms with van der Waals surface area (Å²) in [6, 6.07) is 8.25. The van der Waals surface area contributed by atoms with Crippen LogP contribution in [0.2, 0.25) is 0 Å². The number of carbonyl (C=O) groups excluding carboxylic acids is 1. The Morgan fingerprint density at radius 3 is 2.42 bits per heavy atom. The van der Waals surface area contributed by atoms with Gasteiger partial charge in [0.05, 0.1) is 6.04 Å². The van der Waals surface area contributed by atoms with Crippen LogP contribution < -0.4 is 11.1 Å². The van der Waals surface area contributed by atoms with Gasteiger partial charge < -0.3 is 11.1 Å². The zero-order valence-corrected chi connectivity index (χ0v) is 12.8. The second-order valence-electron chi connectivity index (χ2n) is 4.94. The Balaban J connectivity index is 2.51. The normalized spacial score (nSPS) is 12.6. The van der Waals surface area contributed by atoms with Gasteiger partial charge in [0.2, 0.25) is 5.91 Å². The van der Waals surface area contributed by atoms with Gasteiger partial charge in [0.1, 0.15) is 0 Å². The van der Waals surface area contributed by atoms with E-state index in [1.807, 2.05) is 0 Å². The molecule has 1 rings (SSSR count). The van der Waals surface area contributed by atoms with Crippen LogP contribution >= 0.6 is 11.8 Å². The van der Waals surface area contributed by atoms with Crippen molar-refractivity contribution < 1.29 is 4.79 Å². The number of nitrogens with one attached hydrogen (secondary N) is 1. The number of thioether (sulfide) groups is 1. The second kappa shape index (κ2) is 8.23. The average Bonchev–Trinajstić information content (AvgIpc) is 2.39. The maximum absolute atomic E-state index is 11.3. The standard InChI is InChI=1S/C15H24N2OS/c1-4-9-17-14(15(16)18)10-19-13-7-5-12(6-8-13)11(2)3/h5-8,11,14,17H,4,9-10H2,1-3H3,(H2,16,18). The smallest absolute Gasteiger partial charge is 0.235 e. The third-order valence-electron chi connectivity index (χ3n) is 2.95. The van der Waals surface area contributed by atoms with Crippen molar-refractivity contribution in [3.8, 4) is 0 Å². The molecule has 1 unspecified atom stereocenters. The van der Waals surface area contributed by atoms with E-state index in [4.69, 9.17) is 5.73 Å². The molecule has 0 saturated carbocycles. The van der Waals surface area contributed by atoms with Crippen molar-refractivity contribution in [3.63, 3.8) is 0 Å². The molecule has 1 atom stereocenters. The molecule has 0 bridgehead atoms. The number of amides is 1. The van der Waals surface area contributed by atoms with E-state index >= 15 is 0 Å². The van der Waals surface area contributed by atoms with Crippen LogP contribution in [0.15, 0.2) is 29.2 Å². The molecule has 1 amide bonds. The van der Waals surface area contributed by atoms with Gasteiger partial charge >= 0.3 is 0 Å². The molecule has 0 aliphatic heterocycles. The zero-order valence-electron chi connectivity index (χ0n) is 12.0. The third-order valence-corrected chi connectivity index (χ3v) is 4.05. The Morgan fingerprint density at radius 2 is 1.95 bits per heavy atom. The zero-order chi connectivity index (χ0) is 14.3. The number of benzene rings is 1. The van der Waals surface area contributed by atoms with Gasteiger partial charge in [-0.2, -0.15) is 0 Å². The van der Waals surface area contributed by atoms with Crippen molar-refractivity contribution in [1.82, 2.24) is 5.32 Å². The molecular weight excluding hydrogens is 256 g/mol. The van der Waals surface area contributed by atoms with Gasteiger partial charge in [-0.25, -0.2) is 0 Å². The summed E-state index contributed by atoms with van der Waals surface area (Å²) in [6.07, 6.45) is 0.998. The van der Waals surface area contributed by atoms with E-state index in [1.54, 1.807) is 11.8 Å². The van der Waals surface area contributed by atoms with E-state index in [0.29, 0.717) is 11.7 Å². The fourth-order valence-corrected chi connectivity index (χ4v) is 2.66. The molecule has 1 aromatic rings. The summed E-state index contributed by atoms with van der Waals surface area (Å²) in [6.45, 7) is 7.25. The molecule has 0 fully saturated rings. The highest BCUT2D eigenvalue weighted by Crippen LogP contribution is 2.22. The summed E-state index contributed by atoms with van der Waals surface area (Å²) in [5, 5.41) is 3.17. The highest BCUT2D eigenvalue weighted by molar-refractivity contribution is 7.99. The van der Waals surface area contributed by atoms with Crippen LogP contribution in [0.5, 0.6) is 0 Å². The van der Waals surface area contributed by atoms with Crippen molar-refractivity contribution in [1.29, 1.82) is 0 Å². The Hall–Kier alpha value is -1.00. The molecule has 3 N–H and O–H groups in total. The van der Waals surface area contributed by atoms with E-state index in [9.17, 15) is 4.79 Å².